The maximum atomic E-state index is 13.6. The number of aromatic nitrogens is 3. The van der Waals surface area contributed by atoms with Gasteiger partial charge in [-0.3, -0.25) is 4.98 Å². The highest BCUT2D eigenvalue weighted by atomic mass is 19.2. The predicted molar refractivity (Wildman–Crippen MR) is 67.1 cm³/mol. The minimum absolute atomic E-state index is 0.0129. The lowest BCUT2D eigenvalue weighted by molar-refractivity contribution is 0.515. The van der Waals surface area contributed by atoms with Crippen LogP contribution in [-0.4, -0.2) is 15.0 Å². The minimum atomic E-state index is -0.951. The number of benzene rings is 1. The van der Waals surface area contributed by atoms with Gasteiger partial charge in [-0.15, -0.1) is 0 Å². The van der Waals surface area contributed by atoms with Crippen molar-refractivity contribution in [2.75, 3.05) is 0 Å². The van der Waals surface area contributed by atoms with Gasteiger partial charge >= 0.3 is 0 Å². The molecule has 0 spiro atoms. The maximum absolute atomic E-state index is 13.6. The standard InChI is InChI=1S/C13H10F2N4/c14-9-1-2-10-12(11(9)15)19-13(18-10)7-3-4-17-8(5-7)6-16/h1-5H,6,16H2,(H,18,19). The number of aromatic amines is 1. The minimum Gasteiger partial charge on any atom is -0.338 e. The van der Waals surface area contributed by atoms with Crippen LogP contribution in [0.5, 0.6) is 0 Å². The van der Waals surface area contributed by atoms with Crippen molar-refractivity contribution >= 4 is 11.0 Å². The number of imidazole rings is 1. The van der Waals surface area contributed by atoms with E-state index in [1.165, 1.54) is 6.07 Å². The van der Waals surface area contributed by atoms with Crippen LogP contribution in [-0.2, 0) is 6.54 Å². The van der Waals surface area contributed by atoms with Crippen molar-refractivity contribution < 1.29 is 8.78 Å². The van der Waals surface area contributed by atoms with Crippen LogP contribution in [0.25, 0.3) is 22.4 Å². The second-order valence-corrected chi connectivity index (χ2v) is 4.08. The Morgan fingerprint density at radius 3 is 2.84 bits per heavy atom. The van der Waals surface area contributed by atoms with Gasteiger partial charge in [0.15, 0.2) is 11.6 Å². The summed E-state index contributed by atoms with van der Waals surface area (Å²) in [7, 11) is 0. The monoisotopic (exact) mass is 260 g/mol. The van der Waals surface area contributed by atoms with Crippen molar-refractivity contribution in [3.05, 3.63) is 47.8 Å². The molecule has 0 saturated heterocycles. The van der Waals surface area contributed by atoms with Crippen molar-refractivity contribution in [2.45, 2.75) is 6.54 Å². The van der Waals surface area contributed by atoms with Crippen LogP contribution in [0.1, 0.15) is 5.69 Å². The molecule has 19 heavy (non-hydrogen) atoms. The fourth-order valence-corrected chi connectivity index (χ4v) is 1.89. The molecule has 0 bridgehead atoms. The second-order valence-electron chi connectivity index (χ2n) is 4.08. The molecule has 1 aromatic carbocycles. The molecule has 3 N–H and O–H groups in total. The van der Waals surface area contributed by atoms with Gasteiger partial charge in [0.25, 0.3) is 0 Å². The first-order chi connectivity index (χ1) is 9.19. The first-order valence-corrected chi connectivity index (χ1v) is 5.68. The summed E-state index contributed by atoms with van der Waals surface area (Å²) in [5.41, 5.74) is 7.37. The van der Waals surface area contributed by atoms with Gasteiger partial charge in [-0.05, 0) is 24.3 Å². The molecule has 0 radical (unpaired) electrons. The highest BCUT2D eigenvalue weighted by molar-refractivity contribution is 5.80. The average Bonchev–Trinajstić information content (AvgIpc) is 2.88. The maximum Gasteiger partial charge on any atom is 0.186 e. The topological polar surface area (TPSA) is 67.6 Å². The van der Waals surface area contributed by atoms with Crippen LogP contribution >= 0.6 is 0 Å². The van der Waals surface area contributed by atoms with Crippen molar-refractivity contribution in [2.24, 2.45) is 5.73 Å². The molecule has 0 aliphatic rings. The van der Waals surface area contributed by atoms with E-state index < -0.39 is 11.6 Å². The van der Waals surface area contributed by atoms with Gasteiger partial charge in [0, 0.05) is 18.3 Å². The third-order valence-electron chi connectivity index (χ3n) is 2.84. The Morgan fingerprint density at radius 1 is 1.21 bits per heavy atom. The van der Waals surface area contributed by atoms with Crippen molar-refractivity contribution in [1.29, 1.82) is 0 Å². The Labute approximate surface area is 107 Å². The third kappa shape index (κ3) is 1.96. The predicted octanol–water partition coefficient (Wildman–Crippen LogP) is 2.36. The Balaban J connectivity index is 2.17. The largest absolute Gasteiger partial charge is 0.338 e. The lowest BCUT2D eigenvalue weighted by atomic mass is 10.2. The van der Waals surface area contributed by atoms with E-state index >= 15 is 0 Å². The Hall–Kier alpha value is -2.34. The molecule has 0 atom stereocenters. The number of hydrogen-bond donors (Lipinski definition) is 2. The molecule has 2 aromatic heterocycles. The van der Waals surface area contributed by atoms with E-state index in [1.54, 1.807) is 18.3 Å². The Kier molecular flexibility index (Phi) is 2.72. The first-order valence-electron chi connectivity index (χ1n) is 5.68. The zero-order valence-corrected chi connectivity index (χ0v) is 9.82. The van der Waals surface area contributed by atoms with Crippen LogP contribution in [0.15, 0.2) is 30.5 Å². The molecular weight excluding hydrogens is 250 g/mol. The van der Waals surface area contributed by atoms with Crippen LogP contribution in [0.3, 0.4) is 0 Å². The van der Waals surface area contributed by atoms with Gasteiger partial charge in [-0.2, -0.15) is 0 Å². The van der Waals surface area contributed by atoms with E-state index in [2.05, 4.69) is 15.0 Å². The zero-order chi connectivity index (χ0) is 13.4. The van der Waals surface area contributed by atoms with Crippen LogP contribution in [0.4, 0.5) is 8.78 Å². The van der Waals surface area contributed by atoms with Crippen LogP contribution in [0, 0.1) is 11.6 Å². The SMILES string of the molecule is NCc1cc(-c2nc3c(F)c(F)ccc3[nH]2)ccn1. The molecular formula is C13H10F2N4. The molecule has 0 saturated carbocycles. The van der Waals surface area contributed by atoms with Crippen molar-refractivity contribution in [3.63, 3.8) is 0 Å². The highest BCUT2D eigenvalue weighted by Gasteiger charge is 2.13. The Morgan fingerprint density at radius 2 is 2.05 bits per heavy atom. The zero-order valence-electron chi connectivity index (χ0n) is 9.82. The summed E-state index contributed by atoms with van der Waals surface area (Å²) < 4.78 is 26.7. The normalized spacial score (nSPS) is 11.1. The number of nitrogens with one attached hydrogen (secondary N) is 1. The molecule has 3 aromatic rings. The molecule has 0 fully saturated rings. The summed E-state index contributed by atoms with van der Waals surface area (Å²) in [4.78, 5) is 11.1. The van der Waals surface area contributed by atoms with Crippen molar-refractivity contribution in [3.8, 4) is 11.4 Å². The van der Waals surface area contributed by atoms with E-state index in [-0.39, 0.29) is 5.52 Å². The number of fused-ring (bicyclic) bond motifs is 1. The molecule has 6 heteroatoms. The average molecular weight is 260 g/mol. The van der Waals surface area contributed by atoms with Gasteiger partial charge in [0.05, 0.1) is 11.2 Å². The summed E-state index contributed by atoms with van der Waals surface area (Å²) in [5.74, 6) is -1.41. The number of nitrogens with zero attached hydrogens (tertiary/aromatic N) is 2. The fourth-order valence-electron chi connectivity index (χ4n) is 1.89. The van der Waals surface area contributed by atoms with Gasteiger partial charge in [-0.25, -0.2) is 13.8 Å². The van der Waals surface area contributed by atoms with E-state index in [1.807, 2.05) is 0 Å². The van der Waals surface area contributed by atoms with Gasteiger partial charge in [-0.1, -0.05) is 0 Å². The summed E-state index contributed by atoms with van der Waals surface area (Å²) in [6.07, 6.45) is 1.60. The van der Waals surface area contributed by atoms with Crippen molar-refractivity contribution in [1.82, 2.24) is 15.0 Å². The summed E-state index contributed by atoms with van der Waals surface area (Å²) in [6.45, 7) is 0.303. The summed E-state index contributed by atoms with van der Waals surface area (Å²) >= 11 is 0. The number of rotatable bonds is 2. The first kappa shape index (κ1) is 11.7. The van der Waals surface area contributed by atoms with Crippen LogP contribution in [0.2, 0.25) is 0 Å². The van der Waals surface area contributed by atoms with E-state index in [9.17, 15) is 8.78 Å². The van der Waals surface area contributed by atoms with Gasteiger partial charge < -0.3 is 10.7 Å². The molecule has 3 rings (SSSR count). The quantitative estimate of drug-likeness (QED) is 0.743. The lowest BCUT2D eigenvalue weighted by Gasteiger charge is -1.99. The number of pyridine rings is 1. The van der Waals surface area contributed by atoms with Gasteiger partial charge in [0.1, 0.15) is 11.3 Å². The molecule has 0 unspecified atom stereocenters. The van der Waals surface area contributed by atoms with E-state index in [4.69, 9.17) is 5.73 Å². The summed E-state index contributed by atoms with van der Waals surface area (Å²) in [6, 6.07) is 6.00. The molecule has 0 amide bonds. The van der Waals surface area contributed by atoms with E-state index in [0.717, 1.165) is 11.6 Å². The second kappa shape index (κ2) is 4.40. The van der Waals surface area contributed by atoms with E-state index in [0.29, 0.717) is 23.6 Å². The fraction of sp³-hybridized carbons (Fsp3) is 0.0769. The highest BCUT2D eigenvalue weighted by Crippen LogP contribution is 2.23. The molecule has 96 valence electrons. The number of hydrogen-bond acceptors (Lipinski definition) is 3. The molecule has 0 aliphatic heterocycles. The van der Waals surface area contributed by atoms with Gasteiger partial charge in [0.2, 0.25) is 0 Å². The molecule has 0 aliphatic carbocycles. The smallest absolute Gasteiger partial charge is 0.186 e. The number of nitrogens with two attached hydrogens (primary N) is 1. The lowest BCUT2D eigenvalue weighted by Crippen LogP contribution is -1.99. The third-order valence-corrected chi connectivity index (χ3v) is 2.84. The summed E-state index contributed by atoms with van der Waals surface area (Å²) in [5, 5.41) is 0. The van der Waals surface area contributed by atoms with Crippen LogP contribution < -0.4 is 5.73 Å². The Bertz CT molecular complexity index is 751. The molecule has 4 nitrogen and oxygen atoms in total. The number of halogens is 2. The molecule has 2 heterocycles. The number of H-pyrrole nitrogens is 1.